The van der Waals surface area contributed by atoms with Crippen LogP contribution in [0.4, 0.5) is 15.8 Å². The Morgan fingerprint density at radius 3 is 2.47 bits per heavy atom. The lowest BCUT2D eigenvalue weighted by Gasteiger charge is -2.14. The van der Waals surface area contributed by atoms with E-state index in [2.05, 4.69) is 5.32 Å². The van der Waals surface area contributed by atoms with E-state index < -0.39 is 5.82 Å². The highest BCUT2D eigenvalue weighted by atomic mass is 35.5. The molecule has 0 aliphatic carbocycles. The molecule has 0 spiro atoms. The average molecular weight is 533 g/mol. The first-order chi connectivity index (χ1) is 16.3. The number of halogens is 3. The Kier molecular flexibility index (Phi) is 7.53. The Morgan fingerprint density at radius 1 is 1.09 bits per heavy atom. The first-order valence-electron chi connectivity index (χ1n) is 9.81. The largest absolute Gasteiger partial charge is 0.484 e. The molecule has 0 saturated carbocycles. The lowest BCUT2D eigenvalue weighted by Crippen LogP contribution is -2.27. The van der Waals surface area contributed by atoms with Gasteiger partial charge >= 0.3 is 0 Å². The lowest BCUT2D eigenvalue weighted by molar-refractivity contribution is -0.118. The summed E-state index contributed by atoms with van der Waals surface area (Å²) in [5, 5.41) is 3.45. The van der Waals surface area contributed by atoms with E-state index in [4.69, 9.17) is 40.2 Å². The zero-order valence-electron chi connectivity index (χ0n) is 17.3. The van der Waals surface area contributed by atoms with Crippen molar-refractivity contribution < 1.29 is 18.7 Å². The maximum Gasteiger partial charge on any atom is 0.270 e. The second-order valence-electron chi connectivity index (χ2n) is 7.02. The van der Waals surface area contributed by atoms with Crippen molar-refractivity contribution in [3.63, 3.8) is 0 Å². The molecule has 0 aromatic heterocycles. The highest BCUT2D eigenvalue weighted by Crippen LogP contribution is 2.36. The molecular weight excluding hydrogens is 518 g/mol. The maximum absolute atomic E-state index is 13.2. The summed E-state index contributed by atoms with van der Waals surface area (Å²) in [6, 6.07) is 17.2. The monoisotopic (exact) mass is 532 g/mol. The predicted molar refractivity (Wildman–Crippen MR) is 139 cm³/mol. The SMILES string of the molecule is O=C(COc1ccc(/C=C2\SC(=S)N(c3ccc(F)cc3)C2=O)cc1)Nc1ccc(Cl)cc1Cl. The summed E-state index contributed by atoms with van der Waals surface area (Å²) in [5.74, 6) is -0.566. The van der Waals surface area contributed by atoms with Crippen LogP contribution in [0.3, 0.4) is 0 Å². The van der Waals surface area contributed by atoms with E-state index in [1.165, 1.54) is 47.0 Å². The molecule has 0 radical (unpaired) electrons. The maximum atomic E-state index is 13.2. The molecule has 10 heteroatoms. The Bertz CT molecular complexity index is 1300. The molecule has 4 rings (SSSR count). The van der Waals surface area contributed by atoms with Crippen molar-refractivity contribution in [2.75, 3.05) is 16.8 Å². The van der Waals surface area contributed by atoms with Crippen molar-refractivity contribution in [2.45, 2.75) is 0 Å². The number of hydrogen-bond donors (Lipinski definition) is 1. The third kappa shape index (κ3) is 5.77. The van der Waals surface area contributed by atoms with E-state index >= 15 is 0 Å². The van der Waals surface area contributed by atoms with Crippen molar-refractivity contribution >= 4 is 80.8 Å². The fourth-order valence-corrected chi connectivity index (χ4v) is 4.77. The zero-order valence-corrected chi connectivity index (χ0v) is 20.4. The normalized spacial score (nSPS) is 14.6. The van der Waals surface area contributed by atoms with Crippen LogP contribution in [0.5, 0.6) is 5.75 Å². The molecule has 2 amide bonds. The standard InChI is InChI=1S/C24H15Cl2FN2O3S2/c25-15-3-10-20(19(26)12-15)28-22(30)13-32-18-8-1-14(2-9-18)11-21-23(31)29(24(33)34-21)17-6-4-16(27)5-7-17/h1-12H,13H2,(H,28,30)/b21-11-. The van der Waals surface area contributed by atoms with Gasteiger partial charge in [0.25, 0.3) is 11.8 Å². The Morgan fingerprint density at radius 2 is 1.79 bits per heavy atom. The summed E-state index contributed by atoms with van der Waals surface area (Å²) in [4.78, 5) is 26.8. The van der Waals surface area contributed by atoms with Crippen LogP contribution in [-0.4, -0.2) is 22.7 Å². The molecule has 1 saturated heterocycles. The Balaban J connectivity index is 1.37. The topological polar surface area (TPSA) is 58.6 Å². The molecule has 1 heterocycles. The van der Waals surface area contributed by atoms with Crippen LogP contribution >= 0.6 is 47.2 Å². The molecule has 0 bridgehead atoms. The van der Waals surface area contributed by atoms with Gasteiger partial charge in [0.2, 0.25) is 0 Å². The van der Waals surface area contributed by atoms with E-state index in [1.54, 1.807) is 42.5 Å². The summed E-state index contributed by atoms with van der Waals surface area (Å²) < 4.78 is 19.1. The Labute approximate surface area is 214 Å². The van der Waals surface area contributed by atoms with Gasteiger partial charge in [0.15, 0.2) is 10.9 Å². The van der Waals surface area contributed by atoms with Crippen molar-refractivity contribution in [3.05, 3.63) is 93.1 Å². The minimum Gasteiger partial charge on any atom is -0.484 e. The van der Waals surface area contributed by atoms with E-state index in [9.17, 15) is 14.0 Å². The van der Waals surface area contributed by atoms with E-state index in [-0.39, 0.29) is 18.4 Å². The Hall–Kier alpha value is -2.91. The van der Waals surface area contributed by atoms with E-state index in [1.807, 2.05) is 0 Å². The number of rotatable bonds is 6. The fraction of sp³-hybridized carbons (Fsp3) is 0.0417. The highest BCUT2D eigenvalue weighted by Gasteiger charge is 2.33. The molecule has 34 heavy (non-hydrogen) atoms. The number of ether oxygens (including phenoxy) is 1. The predicted octanol–water partition coefficient (Wildman–Crippen LogP) is 6.56. The van der Waals surface area contributed by atoms with E-state index in [0.29, 0.717) is 36.4 Å². The first-order valence-corrected chi connectivity index (χ1v) is 11.8. The van der Waals surface area contributed by atoms with Gasteiger partial charge in [-0.2, -0.15) is 0 Å². The third-order valence-corrected chi connectivity index (χ3v) is 6.48. The quantitative estimate of drug-likeness (QED) is 0.288. The van der Waals surface area contributed by atoms with Crippen molar-refractivity contribution in [1.29, 1.82) is 0 Å². The molecule has 5 nitrogen and oxygen atoms in total. The van der Waals surface area contributed by atoms with Crippen LogP contribution in [0.2, 0.25) is 10.0 Å². The molecule has 1 aliphatic rings. The molecule has 3 aromatic carbocycles. The number of carbonyl (C=O) groups excluding carboxylic acids is 2. The van der Waals surface area contributed by atoms with Gasteiger partial charge in [-0.05, 0) is 66.2 Å². The van der Waals surface area contributed by atoms with Crippen molar-refractivity contribution in [2.24, 2.45) is 0 Å². The highest BCUT2D eigenvalue weighted by molar-refractivity contribution is 8.27. The number of anilines is 2. The average Bonchev–Trinajstić information content (AvgIpc) is 3.08. The van der Waals surface area contributed by atoms with Crippen LogP contribution in [0.15, 0.2) is 71.6 Å². The summed E-state index contributed by atoms with van der Waals surface area (Å²) in [6.07, 6.45) is 1.71. The molecule has 3 aromatic rings. The van der Waals surface area contributed by atoms with Gasteiger partial charge in [0, 0.05) is 5.02 Å². The lowest BCUT2D eigenvalue weighted by atomic mass is 10.2. The van der Waals surface area contributed by atoms with Gasteiger partial charge in [-0.25, -0.2) is 4.39 Å². The molecule has 1 aliphatic heterocycles. The molecule has 0 atom stereocenters. The second-order valence-corrected chi connectivity index (χ2v) is 9.54. The number of benzene rings is 3. The molecule has 0 unspecified atom stereocenters. The van der Waals surface area contributed by atoms with Crippen LogP contribution < -0.4 is 15.0 Å². The number of nitrogens with zero attached hydrogens (tertiary/aromatic N) is 1. The molecule has 1 fully saturated rings. The van der Waals surface area contributed by atoms with Crippen LogP contribution in [-0.2, 0) is 9.59 Å². The third-order valence-electron chi connectivity index (χ3n) is 4.63. The number of carbonyl (C=O) groups is 2. The number of thioether (sulfide) groups is 1. The van der Waals surface area contributed by atoms with Gasteiger partial charge in [0.1, 0.15) is 11.6 Å². The zero-order chi connectivity index (χ0) is 24.2. The first kappa shape index (κ1) is 24.2. The van der Waals surface area contributed by atoms with E-state index in [0.717, 1.165) is 5.56 Å². The molecule has 172 valence electrons. The number of hydrogen-bond acceptors (Lipinski definition) is 5. The minimum absolute atomic E-state index is 0.214. The minimum atomic E-state index is -0.390. The van der Waals surface area contributed by atoms with Gasteiger partial charge < -0.3 is 10.1 Å². The van der Waals surface area contributed by atoms with Crippen molar-refractivity contribution in [1.82, 2.24) is 0 Å². The summed E-state index contributed by atoms with van der Waals surface area (Å²) in [5.41, 5.74) is 1.70. The molecular formula is C24H15Cl2FN2O3S2. The van der Waals surface area contributed by atoms with Gasteiger partial charge in [-0.15, -0.1) is 0 Å². The number of amides is 2. The summed E-state index contributed by atoms with van der Waals surface area (Å²) >= 11 is 18.4. The van der Waals surface area contributed by atoms with Gasteiger partial charge in [-0.3, -0.25) is 14.5 Å². The van der Waals surface area contributed by atoms with Gasteiger partial charge in [-0.1, -0.05) is 59.3 Å². The smallest absolute Gasteiger partial charge is 0.270 e. The van der Waals surface area contributed by atoms with Crippen molar-refractivity contribution in [3.8, 4) is 5.75 Å². The van der Waals surface area contributed by atoms with Crippen LogP contribution in [0.1, 0.15) is 5.56 Å². The number of nitrogens with one attached hydrogen (secondary N) is 1. The molecule has 1 N–H and O–H groups in total. The fourth-order valence-electron chi connectivity index (χ4n) is 3.02. The van der Waals surface area contributed by atoms with Gasteiger partial charge in [0.05, 0.1) is 21.3 Å². The van der Waals surface area contributed by atoms with Crippen LogP contribution in [0.25, 0.3) is 6.08 Å². The van der Waals surface area contributed by atoms with Crippen LogP contribution in [0, 0.1) is 5.82 Å². The summed E-state index contributed by atoms with van der Waals surface area (Å²) in [7, 11) is 0. The summed E-state index contributed by atoms with van der Waals surface area (Å²) in [6.45, 7) is -0.214. The second kappa shape index (κ2) is 10.6. The number of thiocarbonyl (C=S) groups is 1.